The Morgan fingerprint density at radius 3 is 2.44 bits per heavy atom. The quantitative estimate of drug-likeness (QED) is 0.684. The molecule has 0 amide bonds. The van der Waals surface area contributed by atoms with Crippen LogP contribution < -0.4 is 5.32 Å². The van der Waals surface area contributed by atoms with Gasteiger partial charge in [0.25, 0.3) is 0 Å². The Hall–Kier alpha value is -0.160. The summed E-state index contributed by atoms with van der Waals surface area (Å²) in [6.07, 6.45) is 5.78. The van der Waals surface area contributed by atoms with Crippen LogP contribution in [0.3, 0.4) is 0 Å². The minimum absolute atomic E-state index is 0.217. The van der Waals surface area contributed by atoms with Gasteiger partial charge < -0.3 is 19.9 Å². The minimum atomic E-state index is 0.217. The SMILES string of the molecule is COCC(CCO)NC1CCC(OC)CC1. The molecule has 0 radical (unpaired) electrons. The van der Waals surface area contributed by atoms with Gasteiger partial charge in [-0.05, 0) is 32.1 Å². The van der Waals surface area contributed by atoms with Crippen molar-refractivity contribution in [2.45, 2.75) is 50.3 Å². The summed E-state index contributed by atoms with van der Waals surface area (Å²) in [5, 5.41) is 12.5. The molecule has 1 saturated carbocycles. The number of methoxy groups -OCH3 is 2. The van der Waals surface area contributed by atoms with Crippen molar-refractivity contribution in [3.63, 3.8) is 0 Å². The maximum Gasteiger partial charge on any atom is 0.0616 e. The molecule has 1 aliphatic carbocycles. The molecule has 0 aromatic heterocycles. The van der Waals surface area contributed by atoms with Crippen molar-refractivity contribution in [3.8, 4) is 0 Å². The number of hydrogen-bond acceptors (Lipinski definition) is 4. The largest absolute Gasteiger partial charge is 0.396 e. The molecule has 0 spiro atoms. The molecule has 0 bridgehead atoms. The van der Waals surface area contributed by atoms with E-state index in [0.29, 0.717) is 18.8 Å². The third-order valence-electron chi connectivity index (χ3n) is 3.32. The van der Waals surface area contributed by atoms with Crippen LogP contribution >= 0.6 is 0 Å². The third-order valence-corrected chi connectivity index (χ3v) is 3.32. The van der Waals surface area contributed by atoms with Crippen LogP contribution in [0.25, 0.3) is 0 Å². The van der Waals surface area contributed by atoms with E-state index in [0.717, 1.165) is 32.1 Å². The summed E-state index contributed by atoms with van der Waals surface area (Å²) in [4.78, 5) is 0. The highest BCUT2D eigenvalue weighted by molar-refractivity contribution is 4.80. The smallest absolute Gasteiger partial charge is 0.0616 e. The molecule has 0 heterocycles. The predicted octanol–water partition coefficient (Wildman–Crippen LogP) is 0.931. The molecule has 16 heavy (non-hydrogen) atoms. The molecule has 1 rings (SSSR count). The van der Waals surface area contributed by atoms with E-state index in [1.54, 1.807) is 14.2 Å². The molecule has 0 aromatic rings. The lowest BCUT2D eigenvalue weighted by molar-refractivity contribution is 0.0573. The van der Waals surface area contributed by atoms with Crippen LogP contribution in [0, 0.1) is 0 Å². The van der Waals surface area contributed by atoms with Gasteiger partial charge >= 0.3 is 0 Å². The zero-order valence-corrected chi connectivity index (χ0v) is 10.4. The topological polar surface area (TPSA) is 50.7 Å². The number of aliphatic hydroxyl groups excluding tert-OH is 1. The van der Waals surface area contributed by atoms with Gasteiger partial charge in [-0.3, -0.25) is 0 Å². The van der Waals surface area contributed by atoms with Crippen molar-refractivity contribution < 1.29 is 14.6 Å². The molecule has 1 atom stereocenters. The molecule has 1 unspecified atom stereocenters. The van der Waals surface area contributed by atoms with E-state index < -0.39 is 0 Å². The molecule has 0 aromatic carbocycles. The predicted molar refractivity (Wildman–Crippen MR) is 63.6 cm³/mol. The zero-order valence-electron chi connectivity index (χ0n) is 10.4. The molecule has 0 saturated heterocycles. The zero-order chi connectivity index (χ0) is 11.8. The Morgan fingerprint density at radius 2 is 1.94 bits per heavy atom. The van der Waals surface area contributed by atoms with Crippen molar-refractivity contribution in [2.24, 2.45) is 0 Å². The molecule has 4 nitrogen and oxygen atoms in total. The fourth-order valence-corrected chi connectivity index (χ4v) is 2.37. The molecule has 2 N–H and O–H groups in total. The lowest BCUT2D eigenvalue weighted by atomic mass is 9.92. The Kier molecular flexibility index (Phi) is 6.96. The summed E-state index contributed by atoms with van der Waals surface area (Å²) < 4.78 is 10.5. The van der Waals surface area contributed by atoms with Crippen LogP contribution in [0.15, 0.2) is 0 Å². The van der Waals surface area contributed by atoms with Gasteiger partial charge in [0.05, 0.1) is 12.7 Å². The Balaban J connectivity index is 2.24. The Bertz CT molecular complexity index is 164. The lowest BCUT2D eigenvalue weighted by Crippen LogP contribution is -2.44. The van der Waals surface area contributed by atoms with E-state index in [-0.39, 0.29) is 12.6 Å². The van der Waals surface area contributed by atoms with Gasteiger partial charge in [-0.2, -0.15) is 0 Å². The summed E-state index contributed by atoms with van der Waals surface area (Å²) >= 11 is 0. The second-order valence-corrected chi connectivity index (χ2v) is 4.54. The van der Waals surface area contributed by atoms with Crippen LogP contribution in [0.4, 0.5) is 0 Å². The first kappa shape index (κ1) is 13.9. The van der Waals surface area contributed by atoms with Gasteiger partial charge in [0.2, 0.25) is 0 Å². The monoisotopic (exact) mass is 231 g/mol. The second kappa shape index (κ2) is 8.01. The molecule has 4 heteroatoms. The van der Waals surface area contributed by atoms with Gasteiger partial charge in [-0.25, -0.2) is 0 Å². The van der Waals surface area contributed by atoms with Gasteiger partial charge in [-0.15, -0.1) is 0 Å². The number of aliphatic hydroxyl groups is 1. The van der Waals surface area contributed by atoms with Crippen molar-refractivity contribution in [1.82, 2.24) is 5.32 Å². The fraction of sp³-hybridized carbons (Fsp3) is 1.00. The Morgan fingerprint density at radius 1 is 1.25 bits per heavy atom. The van der Waals surface area contributed by atoms with Crippen molar-refractivity contribution in [2.75, 3.05) is 27.4 Å². The summed E-state index contributed by atoms with van der Waals surface area (Å²) in [7, 11) is 3.49. The standard InChI is InChI=1S/C12H25NO3/c1-15-9-11(7-8-14)13-10-3-5-12(16-2)6-4-10/h10-14H,3-9H2,1-2H3. The maximum atomic E-state index is 8.96. The third kappa shape index (κ3) is 4.78. The highest BCUT2D eigenvalue weighted by atomic mass is 16.5. The fourth-order valence-electron chi connectivity index (χ4n) is 2.37. The number of ether oxygens (including phenoxy) is 2. The first-order chi connectivity index (χ1) is 7.80. The van der Waals surface area contributed by atoms with Crippen molar-refractivity contribution >= 4 is 0 Å². The first-order valence-electron chi connectivity index (χ1n) is 6.18. The molecule has 0 aliphatic heterocycles. The van der Waals surface area contributed by atoms with E-state index in [9.17, 15) is 0 Å². The molecular weight excluding hydrogens is 206 g/mol. The van der Waals surface area contributed by atoms with Crippen molar-refractivity contribution in [3.05, 3.63) is 0 Å². The van der Waals surface area contributed by atoms with E-state index in [1.807, 2.05) is 0 Å². The second-order valence-electron chi connectivity index (χ2n) is 4.54. The summed E-state index contributed by atoms with van der Waals surface area (Å²) in [5.41, 5.74) is 0. The van der Waals surface area contributed by atoms with Crippen LogP contribution in [-0.2, 0) is 9.47 Å². The van der Waals surface area contributed by atoms with Crippen LogP contribution in [0.1, 0.15) is 32.1 Å². The minimum Gasteiger partial charge on any atom is -0.396 e. The average molecular weight is 231 g/mol. The van der Waals surface area contributed by atoms with E-state index >= 15 is 0 Å². The summed E-state index contributed by atoms with van der Waals surface area (Å²) in [6, 6.07) is 0.831. The number of rotatable bonds is 7. The highest BCUT2D eigenvalue weighted by Gasteiger charge is 2.22. The van der Waals surface area contributed by atoms with Crippen LogP contribution in [-0.4, -0.2) is 50.7 Å². The van der Waals surface area contributed by atoms with Gasteiger partial charge in [0.15, 0.2) is 0 Å². The first-order valence-corrected chi connectivity index (χ1v) is 6.18. The highest BCUT2D eigenvalue weighted by Crippen LogP contribution is 2.21. The van der Waals surface area contributed by atoms with Gasteiger partial charge in [0, 0.05) is 32.9 Å². The normalized spacial score (nSPS) is 27.9. The van der Waals surface area contributed by atoms with Crippen LogP contribution in [0.2, 0.25) is 0 Å². The maximum absolute atomic E-state index is 8.96. The van der Waals surface area contributed by atoms with E-state index in [2.05, 4.69) is 5.32 Å². The molecular formula is C12H25NO3. The number of nitrogens with one attached hydrogen (secondary N) is 1. The molecule has 1 fully saturated rings. The van der Waals surface area contributed by atoms with Gasteiger partial charge in [-0.1, -0.05) is 0 Å². The van der Waals surface area contributed by atoms with Crippen molar-refractivity contribution in [1.29, 1.82) is 0 Å². The lowest BCUT2D eigenvalue weighted by Gasteiger charge is -2.31. The summed E-state index contributed by atoms with van der Waals surface area (Å²) in [5.74, 6) is 0. The van der Waals surface area contributed by atoms with E-state index in [1.165, 1.54) is 0 Å². The average Bonchev–Trinajstić information content (AvgIpc) is 2.31. The number of hydrogen-bond donors (Lipinski definition) is 2. The Labute approximate surface area is 98.3 Å². The molecule has 96 valence electrons. The summed E-state index contributed by atoms with van der Waals surface area (Å²) in [6.45, 7) is 0.888. The van der Waals surface area contributed by atoms with E-state index in [4.69, 9.17) is 14.6 Å². The van der Waals surface area contributed by atoms with Crippen LogP contribution in [0.5, 0.6) is 0 Å². The van der Waals surface area contributed by atoms with Gasteiger partial charge in [0.1, 0.15) is 0 Å². The molecule has 1 aliphatic rings.